The molecular formula is C24H23ClN4O3S2. The van der Waals surface area contributed by atoms with Crippen LogP contribution in [-0.2, 0) is 14.6 Å². The number of amides is 1. The number of rotatable bonds is 5. The van der Waals surface area contributed by atoms with Crippen LogP contribution in [0.2, 0.25) is 5.02 Å². The molecule has 0 spiro atoms. The molecule has 1 N–H and O–H groups in total. The number of benzene rings is 2. The summed E-state index contributed by atoms with van der Waals surface area (Å²) < 4.78 is 24.5. The summed E-state index contributed by atoms with van der Waals surface area (Å²) in [5, 5.41) is 13.1. The molecule has 0 unspecified atom stereocenters. The fourth-order valence-corrected chi connectivity index (χ4v) is 7.90. The first-order chi connectivity index (χ1) is 16.2. The molecule has 0 saturated carbocycles. The van der Waals surface area contributed by atoms with Gasteiger partial charge in [0.15, 0.2) is 15.0 Å². The van der Waals surface area contributed by atoms with E-state index in [0.717, 1.165) is 5.69 Å². The normalized spacial score (nSPS) is 22.6. The minimum absolute atomic E-state index is 0.0431. The SMILES string of the molecule is CC(C)c1ccc(N2C(=N/C=C(\C#N)C(=O)Nc3ccc(Cl)cc3)S[C@@H]3CS(=O)(=O)C[C@@H]32)cc1. The Kier molecular flexibility index (Phi) is 7.03. The zero-order valence-corrected chi connectivity index (χ0v) is 21.0. The fraction of sp³-hybridized carbons (Fsp3) is 0.292. The Bertz CT molecular complexity index is 1300. The van der Waals surface area contributed by atoms with E-state index in [1.54, 1.807) is 24.3 Å². The Morgan fingerprint density at radius 3 is 2.50 bits per heavy atom. The van der Waals surface area contributed by atoms with Crippen molar-refractivity contribution < 1.29 is 13.2 Å². The molecule has 34 heavy (non-hydrogen) atoms. The summed E-state index contributed by atoms with van der Waals surface area (Å²) in [6.45, 7) is 4.22. The van der Waals surface area contributed by atoms with Crippen molar-refractivity contribution in [2.24, 2.45) is 4.99 Å². The van der Waals surface area contributed by atoms with Crippen LogP contribution in [0.25, 0.3) is 0 Å². The molecule has 10 heteroatoms. The average molecular weight is 515 g/mol. The number of carbonyl (C=O) groups excluding carboxylic acids is 1. The van der Waals surface area contributed by atoms with Crippen molar-refractivity contribution in [3.05, 3.63) is 70.9 Å². The lowest BCUT2D eigenvalue weighted by Crippen LogP contribution is -2.37. The summed E-state index contributed by atoms with van der Waals surface area (Å²) in [6.07, 6.45) is 1.23. The highest BCUT2D eigenvalue weighted by atomic mass is 35.5. The lowest BCUT2D eigenvalue weighted by atomic mass is 10.0. The molecule has 4 rings (SSSR count). The third kappa shape index (κ3) is 5.30. The molecule has 2 aromatic carbocycles. The summed E-state index contributed by atoms with van der Waals surface area (Å²) in [7, 11) is -3.14. The van der Waals surface area contributed by atoms with Gasteiger partial charge in [-0.2, -0.15) is 5.26 Å². The van der Waals surface area contributed by atoms with E-state index in [9.17, 15) is 18.5 Å². The molecular weight excluding hydrogens is 492 g/mol. The van der Waals surface area contributed by atoms with Gasteiger partial charge in [0.1, 0.15) is 11.6 Å². The molecule has 0 bridgehead atoms. The third-order valence-corrected chi connectivity index (χ3v) is 9.15. The highest BCUT2D eigenvalue weighted by Gasteiger charge is 2.49. The first-order valence-corrected chi connectivity index (χ1v) is 13.8. The quantitative estimate of drug-likeness (QED) is 0.462. The van der Waals surface area contributed by atoms with Gasteiger partial charge in [0.05, 0.1) is 23.7 Å². The van der Waals surface area contributed by atoms with Gasteiger partial charge >= 0.3 is 0 Å². The highest BCUT2D eigenvalue weighted by molar-refractivity contribution is 8.16. The second kappa shape index (κ2) is 9.82. The van der Waals surface area contributed by atoms with E-state index < -0.39 is 15.7 Å². The second-order valence-corrected chi connectivity index (χ2v) is 12.2. The number of sulfone groups is 1. The van der Waals surface area contributed by atoms with Gasteiger partial charge in [0.2, 0.25) is 0 Å². The fourth-order valence-electron chi connectivity index (χ4n) is 3.89. The van der Waals surface area contributed by atoms with Crippen molar-refractivity contribution >= 4 is 55.6 Å². The lowest BCUT2D eigenvalue weighted by molar-refractivity contribution is -0.112. The highest BCUT2D eigenvalue weighted by Crippen LogP contribution is 2.41. The van der Waals surface area contributed by atoms with Gasteiger partial charge in [-0.3, -0.25) is 4.79 Å². The molecule has 2 aliphatic heterocycles. The maximum absolute atomic E-state index is 12.6. The van der Waals surface area contributed by atoms with Crippen LogP contribution in [-0.4, -0.2) is 42.3 Å². The number of carbonyl (C=O) groups is 1. The maximum Gasteiger partial charge on any atom is 0.267 e. The first-order valence-electron chi connectivity index (χ1n) is 10.7. The van der Waals surface area contributed by atoms with Crippen LogP contribution in [0.5, 0.6) is 0 Å². The Hall–Kier alpha value is -2.80. The summed E-state index contributed by atoms with van der Waals surface area (Å²) >= 11 is 7.23. The zero-order chi connectivity index (χ0) is 24.5. The Labute approximate surface area is 208 Å². The van der Waals surface area contributed by atoms with E-state index in [1.165, 1.54) is 23.5 Å². The van der Waals surface area contributed by atoms with Crippen molar-refractivity contribution in [3.8, 4) is 6.07 Å². The number of fused-ring (bicyclic) bond motifs is 1. The molecule has 2 fully saturated rings. The van der Waals surface area contributed by atoms with Gasteiger partial charge in [0.25, 0.3) is 5.91 Å². The first kappa shape index (κ1) is 24.3. The molecule has 0 radical (unpaired) electrons. The Morgan fingerprint density at radius 1 is 1.21 bits per heavy atom. The number of hydrogen-bond donors (Lipinski definition) is 1. The number of nitrogens with one attached hydrogen (secondary N) is 1. The number of amidine groups is 1. The summed E-state index contributed by atoms with van der Waals surface area (Å²) in [5.74, 6) is -0.0993. The lowest BCUT2D eigenvalue weighted by Gasteiger charge is -2.25. The maximum atomic E-state index is 12.6. The topological polar surface area (TPSA) is 103 Å². The number of hydrogen-bond acceptors (Lipinski definition) is 6. The Balaban J connectivity index is 1.62. The molecule has 2 aliphatic rings. The Morgan fingerprint density at radius 2 is 1.88 bits per heavy atom. The second-order valence-electron chi connectivity index (χ2n) is 8.44. The van der Waals surface area contributed by atoms with Gasteiger partial charge in [-0.05, 0) is 47.9 Å². The van der Waals surface area contributed by atoms with Gasteiger partial charge < -0.3 is 10.2 Å². The molecule has 1 amide bonds. The van der Waals surface area contributed by atoms with E-state index >= 15 is 0 Å². The summed E-state index contributed by atoms with van der Waals surface area (Å²) in [6, 6.07) is 16.1. The molecule has 2 atom stereocenters. The average Bonchev–Trinajstić information content (AvgIpc) is 3.26. The van der Waals surface area contributed by atoms with Crippen LogP contribution in [0, 0.1) is 11.3 Å². The van der Waals surface area contributed by atoms with Crippen LogP contribution in [0.3, 0.4) is 0 Å². The minimum Gasteiger partial charge on any atom is -0.321 e. The minimum atomic E-state index is -3.14. The molecule has 0 aromatic heterocycles. The monoisotopic (exact) mass is 514 g/mol. The van der Waals surface area contributed by atoms with Crippen LogP contribution >= 0.6 is 23.4 Å². The van der Waals surface area contributed by atoms with E-state index in [0.29, 0.717) is 21.8 Å². The summed E-state index contributed by atoms with van der Waals surface area (Å²) in [5.41, 5.74) is 2.35. The number of nitrogens with zero attached hydrogens (tertiary/aromatic N) is 3. The predicted molar refractivity (Wildman–Crippen MR) is 138 cm³/mol. The van der Waals surface area contributed by atoms with Crippen molar-refractivity contribution in [2.45, 2.75) is 31.1 Å². The number of halogens is 1. The van der Waals surface area contributed by atoms with Crippen molar-refractivity contribution in [1.82, 2.24) is 0 Å². The standard InChI is InChI=1S/C24H23ClN4O3S2/c1-15(2)16-3-9-20(10-4-16)29-21-13-34(31,32)14-22(21)33-24(29)27-12-17(11-26)23(30)28-19-7-5-18(25)6-8-19/h3-10,12,15,21-22H,13-14H2,1-2H3,(H,28,30)/b17-12+,27-24?/t21-,22+/m0/s1. The summed E-state index contributed by atoms with van der Waals surface area (Å²) in [4.78, 5) is 18.9. The van der Waals surface area contributed by atoms with E-state index in [2.05, 4.69) is 24.2 Å². The molecule has 2 heterocycles. The number of anilines is 2. The van der Waals surface area contributed by atoms with Gasteiger partial charge in [0, 0.05) is 21.6 Å². The van der Waals surface area contributed by atoms with Crippen molar-refractivity contribution in [2.75, 3.05) is 21.7 Å². The van der Waals surface area contributed by atoms with Crippen LogP contribution in [0.4, 0.5) is 11.4 Å². The van der Waals surface area contributed by atoms with Crippen molar-refractivity contribution in [3.63, 3.8) is 0 Å². The van der Waals surface area contributed by atoms with Crippen molar-refractivity contribution in [1.29, 1.82) is 5.26 Å². The van der Waals surface area contributed by atoms with E-state index in [-0.39, 0.29) is 28.4 Å². The number of nitriles is 1. The van der Waals surface area contributed by atoms with E-state index in [1.807, 2.05) is 35.2 Å². The predicted octanol–water partition coefficient (Wildman–Crippen LogP) is 4.58. The van der Waals surface area contributed by atoms with Gasteiger partial charge in [-0.1, -0.05) is 49.3 Å². The smallest absolute Gasteiger partial charge is 0.267 e. The van der Waals surface area contributed by atoms with Gasteiger partial charge in [-0.15, -0.1) is 0 Å². The molecule has 7 nitrogen and oxygen atoms in total. The van der Waals surface area contributed by atoms with Crippen LogP contribution in [0.15, 0.2) is 65.3 Å². The molecule has 0 aliphatic carbocycles. The molecule has 2 saturated heterocycles. The largest absolute Gasteiger partial charge is 0.321 e. The third-order valence-electron chi connectivity index (χ3n) is 5.68. The molecule has 2 aromatic rings. The van der Waals surface area contributed by atoms with E-state index in [4.69, 9.17) is 11.6 Å². The van der Waals surface area contributed by atoms with Crippen LogP contribution < -0.4 is 10.2 Å². The van der Waals surface area contributed by atoms with Crippen LogP contribution in [0.1, 0.15) is 25.3 Å². The number of thioether (sulfide) groups is 1. The zero-order valence-electron chi connectivity index (χ0n) is 18.6. The van der Waals surface area contributed by atoms with Gasteiger partial charge in [-0.25, -0.2) is 13.4 Å². The molecule has 176 valence electrons. The number of aliphatic imine (C=N–C) groups is 1.